The van der Waals surface area contributed by atoms with Crippen molar-refractivity contribution in [2.45, 2.75) is 38.3 Å². The van der Waals surface area contributed by atoms with Gasteiger partial charge in [-0.05, 0) is 30.5 Å². The van der Waals surface area contributed by atoms with E-state index in [9.17, 15) is 4.79 Å². The minimum absolute atomic E-state index is 0.160. The maximum Gasteiger partial charge on any atom is 0.223 e. The number of ether oxygens (including phenoxy) is 1. The number of hydrogen-bond acceptors (Lipinski definition) is 5. The number of rotatable bonds is 7. The maximum atomic E-state index is 12.7. The van der Waals surface area contributed by atoms with Crippen LogP contribution in [0, 0.1) is 0 Å². The zero-order chi connectivity index (χ0) is 15.9. The maximum absolute atomic E-state index is 12.7. The summed E-state index contributed by atoms with van der Waals surface area (Å²) in [6.45, 7) is 2.08. The summed E-state index contributed by atoms with van der Waals surface area (Å²) in [5, 5.41) is 2.96. The lowest BCUT2D eigenvalue weighted by Gasteiger charge is -2.25. The number of nitrogens with zero attached hydrogens (tertiary/aromatic N) is 3. The van der Waals surface area contributed by atoms with Crippen molar-refractivity contribution in [3.63, 3.8) is 0 Å². The van der Waals surface area contributed by atoms with Gasteiger partial charge in [-0.25, -0.2) is 4.98 Å². The van der Waals surface area contributed by atoms with Gasteiger partial charge in [0, 0.05) is 56.5 Å². The molecule has 1 aliphatic rings. The predicted molar refractivity (Wildman–Crippen MR) is 89.1 cm³/mol. The summed E-state index contributed by atoms with van der Waals surface area (Å²) >= 11 is 1.60. The summed E-state index contributed by atoms with van der Waals surface area (Å²) in [6.07, 6.45) is 8.79. The van der Waals surface area contributed by atoms with Gasteiger partial charge in [0.2, 0.25) is 5.91 Å². The van der Waals surface area contributed by atoms with Crippen LogP contribution in [-0.2, 0) is 22.5 Å². The molecular weight excluding hydrogens is 310 g/mol. The van der Waals surface area contributed by atoms with E-state index in [0.717, 1.165) is 30.0 Å². The lowest BCUT2D eigenvalue weighted by atomic mass is 10.1. The highest BCUT2D eigenvalue weighted by Gasteiger charge is 2.22. The minimum Gasteiger partial charge on any atom is -0.376 e. The second kappa shape index (κ2) is 8.17. The van der Waals surface area contributed by atoms with Crippen LogP contribution >= 0.6 is 11.3 Å². The predicted octanol–water partition coefficient (Wildman–Crippen LogP) is 2.68. The van der Waals surface area contributed by atoms with Gasteiger partial charge >= 0.3 is 0 Å². The summed E-state index contributed by atoms with van der Waals surface area (Å²) in [5.41, 5.74) is 1.10. The topological polar surface area (TPSA) is 55.3 Å². The number of aromatic nitrogens is 2. The van der Waals surface area contributed by atoms with E-state index in [1.807, 2.05) is 22.4 Å². The first-order chi connectivity index (χ1) is 11.3. The van der Waals surface area contributed by atoms with E-state index in [2.05, 4.69) is 9.97 Å². The van der Waals surface area contributed by atoms with Gasteiger partial charge in [-0.2, -0.15) is 0 Å². The molecule has 3 rings (SSSR count). The van der Waals surface area contributed by atoms with Crippen molar-refractivity contribution in [2.24, 2.45) is 0 Å². The molecule has 2 aromatic heterocycles. The third-order valence-electron chi connectivity index (χ3n) is 3.96. The second-order valence-corrected chi connectivity index (χ2v) is 6.67. The van der Waals surface area contributed by atoms with Crippen LogP contribution in [0.15, 0.2) is 36.1 Å². The van der Waals surface area contributed by atoms with Crippen LogP contribution in [0.3, 0.4) is 0 Å². The number of carbonyl (C=O) groups excluding carboxylic acids is 1. The summed E-state index contributed by atoms with van der Waals surface area (Å²) in [6, 6.07) is 3.91. The highest BCUT2D eigenvalue weighted by Crippen LogP contribution is 2.16. The molecule has 2 aromatic rings. The van der Waals surface area contributed by atoms with Crippen molar-refractivity contribution in [3.05, 3.63) is 46.7 Å². The summed E-state index contributed by atoms with van der Waals surface area (Å²) in [5.74, 6) is 0.160. The van der Waals surface area contributed by atoms with Gasteiger partial charge in [-0.15, -0.1) is 11.3 Å². The Morgan fingerprint density at radius 2 is 2.22 bits per heavy atom. The molecule has 6 heteroatoms. The van der Waals surface area contributed by atoms with Gasteiger partial charge in [-0.1, -0.05) is 0 Å². The Hall–Kier alpha value is -1.79. The molecule has 23 heavy (non-hydrogen) atoms. The summed E-state index contributed by atoms with van der Waals surface area (Å²) in [4.78, 5) is 22.9. The van der Waals surface area contributed by atoms with Crippen molar-refractivity contribution in [3.8, 4) is 0 Å². The zero-order valence-corrected chi connectivity index (χ0v) is 13.9. The molecule has 5 nitrogen and oxygen atoms in total. The van der Waals surface area contributed by atoms with E-state index >= 15 is 0 Å². The second-order valence-electron chi connectivity index (χ2n) is 5.69. The van der Waals surface area contributed by atoms with Crippen LogP contribution in [0.2, 0.25) is 0 Å². The quantitative estimate of drug-likeness (QED) is 0.783. The molecule has 122 valence electrons. The molecule has 1 atom stereocenters. The SMILES string of the molecule is O=C(CCc1nccs1)N(Cc1ccncc1)C[C@@H]1CCCO1. The third kappa shape index (κ3) is 4.84. The molecular formula is C17H21N3O2S. The Morgan fingerprint density at radius 3 is 2.91 bits per heavy atom. The number of carbonyl (C=O) groups is 1. The van der Waals surface area contributed by atoms with Crippen molar-refractivity contribution in [1.82, 2.24) is 14.9 Å². The van der Waals surface area contributed by atoms with E-state index in [1.165, 1.54) is 0 Å². The first-order valence-electron chi connectivity index (χ1n) is 7.98. The van der Waals surface area contributed by atoms with Gasteiger partial charge in [0.05, 0.1) is 11.1 Å². The Labute approximate surface area is 140 Å². The van der Waals surface area contributed by atoms with Crippen LogP contribution in [-0.4, -0.2) is 40.0 Å². The molecule has 3 heterocycles. The normalized spacial score (nSPS) is 17.3. The molecule has 1 fully saturated rings. The standard InChI is InChI=1S/C17H21N3O2S/c21-17(4-3-16-19-9-11-23-16)20(13-15-2-1-10-22-15)12-14-5-7-18-8-6-14/h5-9,11,15H,1-4,10,12-13H2/t15-/m0/s1. The number of pyridine rings is 1. The zero-order valence-electron chi connectivity index (χ0n) is 13.1. The van der Waals surface area contributed by atoms with Crippen LogP contribution in [0.25, 0.3) is 0 Å². The van der Waals surface area contributed by atoms with Gasteiger partial charge in [0.25, 0.3) is 0 Å². The van der Waals surface area contributed by atoms with Crippen molar-refractivity contribution in [2.75, 3.05) is 13.2 Å². The first kappa shape index (κ1) is 16.1. The molecule has 0 saturated carbocycles. The smallest absolute Gasteiger partial charge is 0.223 e. The monoisotopic (exact) mass is 331 g/mol. The summed E-state index contributed by atoms with van der Waals surface area (Å²) in [7, 11) is 0. The lowest BCUT2D eigenvalue weighted by Crippen LogP contribution is -2.37. The Bertz CT molecular complexity index is 598. The van der Waals surface area contributed by atoms with Crippen molar-refractivity contribution in [1.29, 1.82) is 0 Å². The Morgan fingerprint density at radius 1 is 1.35 bits per heavy atom. The van der Waals surface area contributed by atoms with Gasteiger partial charge in [-0.3, -0.25) is 9.78 Å². The average Bonchev–Trinajstić information content (AvgIpc) is 3.26. The van der Waals surface area contributed by atoms with E-state index in [1.54, 1.807) is 29.9 Å². The molecule has 0 aliphatic carbocycles. The fourth-order valence-corrected chi connectivity index (χ4v) is 3.37. The molecule has 0 spiro atoms. The fourth-order valence-electron chi connectivity index (χ4n) is 2.75. The highest BCUT2D eigenvalue weighted by atomic mass is 32.1. The van der Waals surface area contributed by atoms with Gasteiger partial charge in [0.1, 0.15) is 0 Å². The molecule has 0 bridgehead atoms. The number of hydrogen-bond donors (Lipinski definition) is 0. The molecule has 1 saturated heterocycles. The van der Waals surface area contributed by atoms with E-state index < -0.39 is 0 Å². The van der Waals surface area contributed by atoms with Crippen LogP contribution < -0.4 is 0 Å². The minimum atomic E-state index is 0.160. The van der Waals surface area contributed by atoms with Crippen LogP contribution in [0.4, 0.5) is 0 Å². The fraction of sp³-hybridized carbons (Fsp3) is 0.471. The van der Waals surface area contributed by atoms with Crippen LogP contribution in [0.5, 0.6) is 0 Å². The molecule has 1 aliphatic heterocycles. The van der Waals surface area contributed by atoms with E-state index in [4.69, 9.17) is 4.74 Å². The Balaban J connectivity index is 1.61. The molecule has 0 unspecified atom stereocenters. The number of amides is 1. The van der Waals surface area contributed by atoms with Gasteiger partial charge < -0.3 is 9.64 Å². The largest absolute Gasteiger partial charge is 0.376 e. The van der Waals surface area contributed by atoms with Crippen molar-refractivity contribution < 1.29 is 9.53 Å². The third-order valence-corrected chi connectivity index (χ3v) is 4.80. The van der Waals surface area contributed by atoms with Gasteiger partial charge in [0.15, 0.2) is 0 Å². The average molecular weight is 331 g/mol. The molecule has 1 amide bonds. The van der Waals surface area contributed by atoms with E-state index in [0.29, 0.717) is 25.9 Å². The van der Waals surface area contributed by atoms with E-state index in [-0.39, 0.29) is 12.0 Å². The lowest BCUT2D eigenvalue weighted by molar-refractivity contribution is -0.133. The van der Waals surface area contributed by atoms with Crippen molar-refractivity contribution >= 4 is 17.2 Å². The summed E-state index contributed by atoms with van der Waals surface area (Å²) < 4.78 is 5.71. The highest BCUT2D eigenvalue weighted by molar-refractivity contribution is 7.09. The number of aryl methyl sites for hydroxylation is 1. The molecule has 0 aromatic carbocycles. The van der Waals surface area contributed by atoms with Crippen LogP contribution in [0.1, 0.15) is 29.8 Å². The Kier molecular flexibility index (Phi) is 5.71. The molecule has 0 N–H and O–H groups in total. The first-order valence-corrected chi connectivity index (χ1v) is 8.86. The number of thiazole rings is 1. The molecule has 0 radical (unpaired) electrons.